The molecule has 6 nitrogen and oxygen atoms in total. The third-order valence-electron chi connectivity index (χ3n) is 4.00. The van der Waals surface area contributed by atoms with E-state index in [2.05, 4.69) is 10.3 Å². The number of hydrogen-bond donors (Lipinski definition) is 1. The summed E-state index contributed by atoms with van der Waals surface area (Å²) in [6.45, 7) is 2.17. The number of anilines is 1. The Hall–Kier alpha value is -2.25. The molecule has 2 heterocycles. The monoisotopic (exact) mass is 345 g/mol. The second kappa shape index (κ2) is 6.70. The second-order valence-electron chi connectivity index (χ2n) is 5.74. The molecule has 0 bridgehead atoms. The standard InChI is InChI=1S/C17H19N3O3S/c1-13-7-5-11-16(18-13)19-17(21)15-10-6-12-20(15)24(22,23)14-8-3-2-4-9-14/h2-5,7-9,11,15H,6,10,12H2,1H3,(H,18,19,21). The van der Waals surface area contributed by atoms with Crippen LogP contribution in [0.15, 0.2) is 53.4 Å². The Balaban J connectivity index is 1.81. The molecule has 0 radical (unpaired) electrons. The Kier molecular flexibility index (Phi) is 4.64. The number of hydrogen-bond acceptors (Lipinski definition) is 4. The molecule has 1 amide bonds. The number of aryl methyl sites for hydroxylation is 1. The Bertz CT molecular complexity index is 837. The zero-order valence-electron chi connectivity index (χ0n) is 13.3. The number of sulfonamides is 1. The second-order valence-corrected chi connectivity index (χ2v) is 7.63. The quantitative estimate of drug-likeness (QED) is 0.921. The molecule has 1 fully saturated rings. The number of pyridine rings is 1. The molecule has 126 valence electrons. The van der Waals surface area contributed by atoms with Crippen molar-refractivity contribution in [3.63, 3.8) is 0 Å². The van der Waals surface area contributed by atoms with E-state index >= 15 is 0 Å². The van der Waals surface area contributed by atoms with E-state index in [1.54, 1.807) is 42.5 Å². The van der Waals surface area contributed by atoms with Crippen molar-refractivity contribution in [3.05, 3.63) is 54.2 Å². The fourth-order valence-electron chi connectivity index (χ4n) is 2.84. The molecular weight excluding hydrogens is 326 g/mol. The van der Waals surface area contributed by atoms with Crippen molar-refractivity contribution in [1.82, 2.24) is 9.29 Å². The van der Waals surface area contributed by atoms with E-state index in [0.29, 0.717) is 25.2 Å². The fraction of sp³-hybridized carbons (Fsp3) is 0.294. The van der Waals surface area contributed by atoms with E-state index in [9.17, 15) is 13.2 Å². The topological polar surface area (TPSA) is 79.4 Å². The third-order valence-corrected chi connectivity index (χ3v) is 5.92. The van der Waals surface area contributed by atoms with Gasteiger partial charge < -0.3 is 5.32 Å². The number of aromatic nitrogens is 1. The number of benzene rings is 1. The Labute approximate surface area is 141 Å². The van der Waals surface area contributed by atoms with Crippen molar-refractivity contribution in [2.75, 3.05) is 11.9 Å². The molecule has 0 aliphatic carbocycles. The van der Waals surface area contributed by atoms with Gasteiger partial charge in [-0.2, -0.15) is 4.31 Å². The lowest BCUT2D eigenvalue weighted by molar-refractivity contribution is -0.119. The maximum Gasteiger partial charge on any atom is 0.243 e. The van der Waals surface area contributed by atoms with Crippen LogP contribution in [-0.2, 0) is 14.8 Å². The molecule has 0 spiro atoms. The maximum atomic E-state index is 12.8. The van der Waals surface area contributed by atoms with E-state index in [4.69, 9.17) is 0 Å². The molecule has 1 aromatic carbocycles. The van der Waals surface area contributed by atoms with Gasteiger partial charge >= 0.3 is 0 Å². The smallest absolute Gasteiger partial charge is 0.243 e. The van der Waals surface area contributed by atoms with Crippen molar-refractivity contribution < 1.29 is 13.2 Å². The first-order valence-electron chi connectivity index (χ1n) is 7.80. The average Bonchev–Trinajstić information content (AvgIpc) is 3.06. The number of nitrogens with zero attached hydrogens (tertiary/aromatic N) is 2. The SMILES string of the molecule is Cc1cccc(NC(=O)C2CCCN2S(=O)(=O)c2ccccc2)n1. The highest BCUT2D eigenvalue weighted by Gasteiger charge is 2.39. The molecule has 1 saturated heterocycles. The molecule has 24 heavy (non-hydrogen) atoms. The fourth-order valence-corrected chi connectivity index (χ4v) is 4.52. The Morgan fingerprint density at radius 3 is 2.62 bits per heavy atom. The molecule has 3 rings (SSSR count). The predicted octanol–water partition coefficient (Wildman–Crippen LogP) is 2.18. The average molecular weight is 345 g/mol. The lowest BCUT2D eigenvalue weighted by atomic mass is 10.2. The van der Waals surface area contributed by atoms with Crippen LogP contribution in [0.3, 0.4) is 0 Å². The van der Waals surface area contributed by atoms with Crippen molar-refractivity contribution in [3.8, 4) is 0 Å². The predicted molar refractivity (Wildman–Crippen MR) is 91.0 cm³/mol. The number of carbonyl (C=O) groups is 1. The van der Waals surface area contributed by atoms with Crippen LogP contribution in [0.5, 0.6) is 0 Å². The molecule has 1 aliphatic rings. The lowest BCUT2D eigenvalue weighted by Crippen LogP contribution is -2.43. The summed E-state index contributed by atoms with van der Waals surface area (Å²) in [4.78, 5) is 17.0. The first-order chi connectivity index (χ1) is 11.5. The summed E-state index contributed by atoms with van der Waals surface area (Å²) >= 11 is 0. The molecular formula is C17H19N3O3S. The van der Waals surface area contributed by atoms with Crippen molar-refractivity contribution in [1.29, 1.82) is 0 Å². The van der Waals surface area contributed by atoms with Crippen LogP contribution in [0.25, 0.3) is 0 Å². The van der Waals surface area contributed by atoms with Crippen molar-refractivity contribution >= 4 is 21.7 Å². The van der Waals surface area contributed by atoms with Crippen LogP contribution >= 0.6 is 0 Å². The summed E-state index contributed by atoms with van der Waals surface area (Å²) in [6.07, 6.45) is 1.16. The molecule has 1 aromatic heterocycles. The molecule has 1 atom stereocenters. The van der Waals surface area contributed by atoms with Gasteiger partial charge in [-0.15, -0.1) is 0 Å². The minimum atomic E-state index is -3.68. The van der Waals surface area contributed by atoms with E-state index in [1.807, 2.05) is 13.0 Å². The maximum absolute atomic E-state index is 12.8. The Morgan fingerprint density at radius 2 is 1.92 bits per heavy atom. The minimum Gasteiger partial charge on any atom is -0.309 e. The van der Waals surface area contributed by atoms with Gasteiger partial charge in [0.2, 0.25) is 15.9 Å². The van der Waals surface area contributed by atoms with Gasteiger partial charge in [0.15, 0.2) is 0 Å². The summed E-state index contributed by atoms with van der Waals surface area (Å²) in [5.74, 6) is 0.0917. The van der Waals surface area contributed by atoms with Gasteiger partial charge in [0.1, 0.15) is 11.9 Å². The minimum absolute atomic E-state index is 0.207. The molecule has 2 aromatic rings. The van der Waals surface area contributed by atoms with E-state index in [-0.39, 0.29) is 10.8 Å². The number of carbonyl (C=O) groups excluding carboxylic acids is 1. The lowest BCUT2D eigenvalue weighted by Gasteiger charge is -2.23. The highest BCUT2D eigenvalue weighted by atomic mass is 32.2. The molecule has 7 heteroatoms. The summed E-state index contributed by atoms with van der Waals surface area (Å²) in [7, 11) is -3.68. The van der Waals surface area contributed by atoms with Gasteiger partial charge in [-0.3, -0.25) is 4.79 Å². The number of rotatable bonds is 4. The van der Waals surface area contributed by atoms with Crippen LogP contribution in [-0.4, -0.2) is 36.2 Å². The van der Waals surface area contributed by atoms with Crippen molar-refractivity contribution in [2.24, 2.45) is 0 Å². The summed E-state index contributed by atoms with van der Waals surface area (Å²) in [6, 6.07) is 12.8. The zero-order valence-corrected chi connectivity index (χ0v) is 14.2. The van der Waals surface area contributed by atoms with Gasteiger partial charge in [0, 0.05) is 12.2 Å². The summed E-state index contributed by atoms with van der Waals surface area (Å²) < 4.78 is 26.9. The van der Waals surface area contributed by atoms with Crippen LogP contribution in [0.4, 0.5) is 5.82 Å². The number of amides is 1. The van der Waals surface area contributed by atoms with Crippen LogP contribution < -0.4 is 5.32 Å². The zero-order chi connectivity index (χ0) is 17.2. The van der Waals surface area contributed by atoms with Gasteiger partial charge in [0.25, 0.3) is 0 Å². The molecule has 1 unspecified atom stereocenters. The normalized spacial score (nSPS) is 18.5. The van der Waals surface area contributed by atoms with Gasteiger partial charge in [-0.05, 0) is 44.0 Å². The van der Waals surface area contributed by atoms with Crippen molar-refractivity contribution in [2.45, 2.75) is 30.7 Å². The van der Waals surface area contributed by atoms with E-state index in [1.165, 1.54) is 4.31 Å². The number of nitrogens with one attached hydrogen (secondary N) is 1. The van der Waals surface area contributed by atoms with E-state index in [0.717, 1.165) is 5.69 Å². The first-order valence-corrected chi connectivity index (χ1v) is 9.24. The Morgan fingerprint density at radius 1 is 1.17 bits per heavy atom. The van der Waals surface area contributed by atoms with Gasteiger partial charge in [-0.25, -0.2) is 13.4 Å². The molecule has 0 saturated carbocycles. The summed E-state index contributed by atoms with van der Waals surface area (Å²) in [5, 5.41) is 2.72. The van der Waals surface area contributed by atoms with E-state index < -0.39 is 16.1 Å². The molecule has 1 N–H and O–H groups in total. The highest BCUT2D eigenvalue weighted by molar-refractivity contribution is 7.89. The summed E-state index contributed by atoms with van der Waals surface area (Å²) in [5.41, 5.74) is 0.785. The van der Waals surface area contributed by atoms with Crippen LogP contribution in [0.2, 0.25) is 0 Å². The van der Waals surface area contributed by atoms with Crippen LogP contribution in [0.1, 0.15) is 18.5 Å². The van der Waals surface area contributed by atoms with Gasteiger partial charge in [-0.1, -0.05) is 24.3 Å². The van der Waals surface area contributed by atoms with Gasteiger partial charge in [0.05, 0.1) is 4.90 Å². The largest absolute Gasteiger partial charge is 0.309 e. The van der Waals surface area contributed by atoms with Crippen LogP contribution in [0, 0.1) is 6.92 Å². The first kappa shape index (κ1) is 16.6. The molecule has 1 aliphatic heterocycles. The third kappa shape index (κ3) is 3.32. The highest BCUT2D eigenvalue weighted by Crippen LogP contribution is 2.26.